The van der Waals surface area contributed by atoms with E-state index in [4.69, 9.17) is 9.47 Å². The number of hydrogen-bond donors (Lipinski definition) is 1. The molecule has 1 N–H and O–H groups in total. The number of hydrogen-bond acceptors (Lipinski definition) is 3. The molecule has 0 radical (unpaired) electrons. The summed E-state index contributed by atoms with van der Waals surface area (Å²) in [5.74, 6) is 1.70. The molecule has 1 aliphatic heterocycles. The molecule has 156 valence electrons. The molecule has 0 saturated heterocycles. The van der Waals surface area contributed by atoms with E-state index in [0.29, 0.717) is 13.2 Å². The van der Waals surface area contributed by atoms with Crippen LogP contribution < -0.4 is 14.8 Å². The standard InChI is InChI=1S/C26H27NO2.ClH/c1-3-28-24-15-18-11-12-27-26(23(18)16-25(24)29-4-2)19-9-10-22-20(14-19)13-17-7-5-6-8-21(17)22;/h5-10,14-16,26-27H,3-4,11-13H2,1-2H3;1H. The topological polar surface area (TPSA) is 30.5 Å². The van der Waals surface area contributed by atoms with E-state index in [-0.39, 0.29) is 18.4 Å². The van der Waals surface area contributed by atoms with Crippen molar-refractivity contribution >= 4 is 12.4 Å². The molecule has 3 aromatic carbocycles. The fraction of sp³-hybridized carbons (Fsp3) is 0.308. The first-order valence-corrected chi connectivity index (χ1v) is 10.7. The van der Waals surface area contributed by atoms with Crippen molar-refractivity contribution in [3.05, 3.63) is 82.4 Å². The number of benzene rings is 3. The van der Waals surface area contributed by atoms with E-state index in [2.05, 4.69) is 59.9 Å². The Morgan fingerprint density at radius 3 is 2.37 bits per heavy atom. The summed E-state index contributed by atoms with van der Waals surface area (Å²) in [5, 5.41) is 3.73. The van der Waals surface area contributed by atoms with Crippen molar-refractivity contribution in [2.24, 2.45) is 0 Å². The molecule has 5 rings (SSSR count). The zero-order valence-electron chi connectivity index (χ0n) is 17.5. The van der Waals surface area contributed by atoms with E-state index >= 15 is 0 Å². The smallest absolute Gasteiger partial charge is 0.161 e. The van der Waals surface area contributed by atoms with Crippen molar-refractivity contribution in [2.75, 3.05) is 19.8 Å². The summed E-state index contributed by atoms with van der Waals surface area (Å²) in [4.78, 5) is 0. The Balaban J connectivity index is 0.00000218. The van der Waals surface area contributed by atoms with Gasteiger partial charge in [-0.05, 0) is 77.8 Å². The van der Waals surface area contributed by atoms with Gasteiger partial charge in [-0.25, -0.2) is 0 Å². The summed E-state index contributed by atoms with van der Waals surface area (Å²) in [6.07, 6.45) is 2.03. The second-order valence-corrected chi connectivity index (χ2v) is 7.75. The van der Waals surface area contributed by atoms with Gasteiger partial charge in [-0.15, -0.1) is 12.4 Å². The highest BCUT2D eigenvalue weighted by Crippen LogP contribution is 2.41. The van der Waals surface area contributed by atoms with Crippen molar-refractivity contribution in [2.45, 2.75) is 32.7 Å². The molecular weight excluding hydrogens is 394 g/mol. The fourth-order valence-electron chi connectivity index (χ4n) is 4.74. The average molecular weight is 422 g/mol. The lowest BCUT2D eigenvalue weighted by molar-refractivity contribution is 0.286. The van der Waals surface area contributed by atoms with Gasteiger partial charge in [0.25, 0.3) is 0 Å². The van der Waals surface area contributed by atoms with Gasteiger partial charge in [-0.1, -0.05) is 42.5 Å². The average Bonchev–Trinajstić information content (AvgIpc) is 3.12. The van der Waals surface area contributed by atoms with Crippen molar-refractivity contribution in [3.63, 3.8) is 0 Å². The van der Waals surface area contributed by atoms with Crippen molar-refractivity contribution < 1.29 is 9.47 Å². The number of ether oxygens (including phenoxy) is 2. The Labute approximate surface area is 184 Å². The highest BCUT2D eigenvalue weighted by atomic mass is 35.5. The van der Waals surface area contributed by atoms with Crippen LogP contribution in [0.15, 0.2) is 54.6 Å². The Hall–Kier alpha value is -2.49. The van der Waals surface area contributed by atoms with Gasteiger partial charge in [0.2, 0.25) is 0 Å². The van der Waals surface area contributed by atoms with Gasteiger partial charge in [0.1, 0.15) is 0 Å². The van der Waals surface area contributed by atoms with Gasteiger partial charge in [-0.3, -0.25) is 0 Å². The van der Waals surface area contributed by atoms with Crippen LogP contribution in [0, 0.1) is 0 Å². The predicted molar refractivity (Wildman–Crippen MR) is 124 cm³/mol. The molecule has 1 aliphatic carbocycles. The number of rotatable bonds is 5. The predicted octanol–water partition coefficient (Wildman–Crippen LogP) is 5.71. The van der Waals surface area contributed by atoms with Gasteiger partial charge in [-0.2, -0.15) is 0 Å². The van der Waals surface area contributed by atoms with Crippen LogP contribution in [-0.4, -0.2) is 19.8 Å². The number of nitrogens with one attached hydrogen (secondary N) is 1. The first-order valence-electron chi connectivity index (χ1n) is 10.7. The van der Waals surface area contributed by atoms with Crippen LogP contribution in [0.5, 0.6) is 11.5 Å². The molecule has 0 aromatic heterocycles. The third-order valence-corrected chi connectivity index (χ3v) is 6.01. The second-order valence-electron chi connectivity index (χ2n) is 7.75. The Morgan fingerprint density at radius 1 is 0.833 bits per heavy atom. The van der Waals surface area contributed by atoms with Gasteiger partial charge >= 0.3 is 0 Å². The number of halogens is 1. The van der Waals surface area contributed by atoms with Crippen molar-refractivity contribution in [1.29, 1.82) is 0 Å². The molecule has 2 aliphatic rings. The second kappa shape index (κ2) is 8.71. The van der Waals surface area contributed by atoms with Crippen LogP contribution in [0.1, 0.15) is 47.7 Å². The highest BCUT2D eigenvalue weighted by Gasteiger charge is 2.26. The maximum atomic E-state index is 5.90. The molecule has 1 unspecified atom stereocenters. The lowest BCUT2D eigenvalue weighted by atomic mass is 9.88. The first kappa shape index (κ1) is 20.8. The molecule has 1 atom stereocenters. The lowest BCUT2D eigenvalue weighted by Gasteiger charge is -2.29. The minimum atomic E-state index is 0. The zero-order valence-corrected chi connectivity index (χ0v) is 18.4. The highest BCUT2D eigenvalue weighted by molar-refractivity contribution is 5.85. The van der Waals surface area contributed by atoms with Gasteiger partial charge in [0.05, 0.1) is 19.3 Å². The molecule has 30 heavy (non-hydrogen) atoms. The largest absolute Gasteiger partial charge is 0.490 e. The molecule has 0 bridgehead atoms. The fourth-order valence-corrected chi connectivity index (χ4v) is 4.74. The maximum Gasteiger partial charge on any atom is 0.161 e. The molecule has 1 heterocycles. The summed E-state index contributed by atoms with van der Waals surface area (Å²) in [6.45, 7) is 6.28. The Morgan fingerprint density at radius 2 is 1.57 bits per heavy atom. The van der Waals surface area contributed by atoms with E-state index in [1.807, 2.05) is 13.8 Å². The van der Waals surface area contributed by atoms with Crippen LogP contribution in [0.3, 0.4) is 0 Å². The molecule has 0 spiro atoms. The molecule has 4 heteroatoms. The van der Waals surface area contributed by atoms with Gasteiger partial charge < -0.3 is 14.8 Å². The number of fused-ring (bicyclic) bond motifs is 4. The van der Waals surface area contributed by atoms with E-state index in [9.17, 15) is 0 Å². The quantitative estimate of drug-likeness (QED) is 0.447. The molecule has 0 amide bonds. The van der Waals surface area contributed by atoms with Crippen LogP contribution in [0.2, 0.25) is 0 Å². The molecule has 0 saturated carbocycles. The summed E-state index contributed by atoms with van der Waals surface area (Å²) in [6, 6.07) is 20.3. The van der Waals surface area contributed by atoms with Crippen LogP contribution >= 0.6 is 12.4 Å². The van der Waals surface area contributed by atoms with Crippen molar-refractivity contribution in [1.82, 2.24) is 5.32 Å². The van der Waals surface area contributed by atoms with Crippen LogP contribution in [0.25, 0.3) is 11.1 Å². The Bertz CT molecular complexity index is 1060. The summed E-state index contributed by atoms with van der Waals surface area (Å²) in [7, 11) is 0. The monoisotopic (exact) mass is 421 g/mol. The lowest BCUT2D eigenvalue weighted by Crippen LogP contribution is -2.30. The molecule has 3 aromatic rings. The minimum Gasteiger partial charge on any atom is -0.490 e. The normalized spacial score (nSPS) is 16.1. The summed E-state index contributed by atoms with van der Waals surface area (Å²) in [5.41, 5.74) is 9.59. The minimum absolute atomic E-state index is 0. The van der Waals surface area contributed by atoms with Gasteiger partial charge in [0, 0.05) is 6.54 Å². The van der Waals surface area contributed by atoms with E-state index in [0.717, 1.165) is 30.9 Å². The van der Waals surface area contributed by atoms with Crippen molar-refractivity contribution in [3.8, 4) is 22.6 Å². The Kier molecular flexibility index (Phi) is 6.03. The van der Waals surface area contributed by atoms with Gasteiger partial charge in [0.15, 0.2) is 11.5 Å². The SMILES string of the molecule is CCOc1cc2c(cc1OCC)C(c1ccc3c(c1)Cc1ccccc1-3)NCC2.Cl. The third-order valence-electron chi connectivity index (χ3n) is 6.01. The molecule has 3 nitrogen and oxygen atoms in total. The van der Waals surface area contributed by atoms with E-state index in [1.54, 1.807) is 0 Å². The van der Waals surface area contributed by atoms with Crippen LogP contribution in [0.4, 0.5) is 0 Å². The summed E-state index contributed by atoms with van der Waals surface area (Å²) >= 11 is 0. The first-order chi connectivity index (χ1) is 14.3. The maximum absolute atomic E-state index is 5.90. The third kappa shape index (κ3) is 3.57. The molecular formula is C26H28ClNO2. The summed E-state index contributed by atoms with van der Waals surface area (Å²) < 4.78 is 11.8. The van der Waals surface area contributed by atoms with Crippen LogP contribution in [-0.2, 0) is 12.8 Å². The van der Waals surface area contributed by atoms with E-state index in [1.165, 1.54) is 38.9 Å². The zero-order chi connectivity index (χ0) is 19.8. The van der Waals surface area contributed by atoms with E-state index < -0.39 is 0 Å². The molecule has 0 fully saturated rings.